The van der Waals surface area contributed by atoms with Crippen LogP contribution >= 0.6 is 0 Å². The first kappa shape index (κ1) is 12.2. The SMILES string of the molecule is CC(C)(C)NCC1COc2cccc(N)c2C1. The summed E-state index contributed by atoms with van der Waals surface area (Å²) < 4.78 is 5.76. The Bertz CT molecular complexity index is 396. The predicted octanol–water partition coefficient (Wildman–Crippen LogP) is 2.21. The van der Waals surface area contributed by atoms with Gasteiger partial charge in [0.15, 0.2) is 0 Å². The number of anilines is 1. The second-order valence-electron chi connectivity index (χ2n) is 5.84. The predicted molar refractivity (Wildman–Crippen MR) is 71.3 cm³/mol. The highest BCUT2D eigenvalue weighted by atomic mass is 16.5. The number of benzene rings is 1. The van der Waals surface area contributed by atoms with Crippen molar-refractivity contribution in [3.8, 4) is 5.75 Å². The third-order valence-corrected chi connectivity index (χ3v) is 3.06. The molecule has 1 aliphatic rings. The first-order valence-corrected chi connectivity index (χ1v) is 6.21. The van der Waals surface area contributed by atoms with Crippen molar-refractivity contribution < 1.29 is 4.74 Å². The maximum absolute atomic E-state index is 5.99. The molecule has 1 unspecified atom stereocenters. The standard InChI is InChI=1S/C14H22N2O/c1-14(2,3)16-8-10-7-11-12(15)5-4-6-13(11)17-9-10/h4-6,10,16H,7-9,15H2,1-3H3. The van der Waals surface area contributed by atoms with Crippen LogP contribution in [0.1, 0.15) is 26.3 Å². The van der Waals surface area contributed by atoms with Crippen molar-refractivity contribution in [1.82, 2.24) is 5.32 Å². The summed E-state index contributed by atoms with van der Waals surface area (Å²) in [4.78, 5) is 0. The third kappa shape index (κ3) is 3.13. The lowest BCUT2D eigenvalue weighted by Gasteiger charge is -2.29. The summed E-state index contributed by atoms with van der Waals surface area (Å²) in [5, 5.41) is 3.52. The van der Waals surface area contributed by atoms with E-state index in [2.05, 4.69) is 26.1 Å². The van der Waals surface area contributed by atoms with Gasteiger partial charge in [-0.3, -0.25) is 0 Å². The molecule has 1 aromatic carbocycles. The molecule has 3 N–H and O–H groups in total. The van der Waals surface area contributed by atoms with Gasteiger partial charge in [0.1, 0.15) is 5.75 Å². The van der Waals surface area contributed by atoms with E-state index in [1.54, 1.807) is 0 Å². The van der Waals surface area contributed by atoms with Gasteiger partial charge in [-0.2, -0.15) is 0 Å². The molecule has 0 fully saturated rings. The number of nitrogens with two attached hydrogens (primary N) is 1. The van der Waals surface area contributed by atoms with E-state index in [0.29, 0.717) is 5.92 Å². The zero-order chi connectivity index (χ0) is 12.5. The third-order valence-electron chi connectivity index (χ3n) is 3.06. The van der Waals surface area contributed by atoms with E-state index in [9.17, 15) is 0 Å². The summed E-state index contributed by atoms with van der Waals surface area (Å²) in [7, 11) is 0. The maximum Gasteiger partial charge on any atom is 0.124 e. The largest absolute Gasteiger partial charge is 0.493 e. The minimum Gasteiger partial charge on any atom is -0.493 e. The van der Waals surface area contributed by atoms with Gasteiger partial charge >= 0.3 is 0 Å². The lowest BCUT2D eigenvalue weighted by molar-refractivity contribution is 0.209. The molecule has 0 amide bonds. The average molecular weight is 234 g/mol. The minimum atomic E-state index is 0.155. The van der Waals surface area contributed by atoms with Crippen molar-refractivity contribution in [2.24, 2.45) is 5.92 Å². The highest BCUT2D eigenvalue weighted by Gasteiger charge is 2.22. The highest BCUT2D eigenvalue weighted by Crippen LogP contribution is 2.31. The van der Waals surface area contributed by atoms with Gasteiger partial charge in [0.25, 0.3) is 0 Å². The highest BCUT2D eigenvalue weighted by molar-refractivity contribution is 5.55. The fourth-order valence-corrected chi connectivity index (χ4v) is 2.07. The first-order valence-electron chi connectivity index (χ1n) is 6.21. The smallest absolute Gasteiger partial charge is 0.124 e. The molecule has 0 spiro atoms. The number of fused-ring (bicyclic) bond motifs is 1. The molecule has 0 aromatic heterocycles. The quantitative estimate of drug-likeness (QED) is 0.771. The molecular formula is C14H22N2O. The molecule has 17 heavy (non-hydrogen) atoms. The van der Waals surface area contributed by atoms with Crippen LogP contribution < -0.4 is 15.8 Å². The van der Waals surface area contributed by atoms with E-state index in [4.69, 9.17) is 10.5 Å². The zero-order valence-corrected chi connectivity index (χ0v) is 10.9. The van der Waals surface area contributed by atoms with Gasteiger partial charge in [-0.25, -0.2) is 0 Å². The molecule has 0 saturated carbocycles. The van der Waals surface area contributed by atoms with Crippen LogP contribution in [0, 0.1) is 5.92 Å². The summed E-state index contributed by atoms with van der Waals surface area (Å²) in [6.45, 7) is 8.29. The number of nitrogen functional groups attached to an aromatic ring is 1. The fraction of sp³-hybridized carbons (Fsp3) is 0.571. The van der Waals surface area contributed by atoms with Gasteiger partial charge in [0.2, 0.25) is 0 Å². The van der Waals surface area contributed by atoms with Crippen LogP contribution in [-0.2, 0) is 6.42 Å². The van der Waals surface area contributed by atoms with Crippen LogP contribution in [0.15, 0.2) is 18.2 Å². The Kier molecular flexibility index (Phi) is 3.29. The number of rotatable bonds is 2. The second-order valence-corrected chi connectivity index (χ2v) is 5.84. The first-order chi connectivity index (χ1) is 7.96. The molecule has 1 aromatic rings. The number of nitrogens with one attached hydrogen (secondary N) is 1. The van der Waals surface area contributed by atoms with Crippen LogP contribution in [0.2, 0.25) is 0 Å². The van der Waals surface area contributed by atoms with Crippen molar-refractivity contribution in [3.05, 3.63) is 23.8 Å². The van der Waals surface area contributed by atoms with Gasteiger partial charge in [-0.1, -0.05) is 6.07 Å². The average Bonchev–Trinajstić information content (AvgIpc) is 2.26. The van der Waals surface area contributed by atoms with Crippen molar-refractivity contribution >= 4 is 5.69 Å². The summed E-state index contributed by atoms with van der Waals surface area (Å²) in [6, 6.07) is 5.89. The van der Waals surface area contributed by atoms with Crippen LogP contribution in [0.3, 0.4) is 0 Å². The van der Waals surface area contributed by atoms with Crippen LogP contribution in [-0.4, -0.2) is 18.7 Å². The Morgan fingerprint density at radius 1 is 1.41 bits per heavy atom. The number of hydrogen-bond donors (Lipinski definition) is 2. The van der Waals surface area contributed by atoms with Crippen LogP contribution in [0.25, 0.3) is 0 Å². The molecule has 3 heteroatoms. The van der Waals surface area contributed by atoms with E-state index in [1.807, 2.05) is 18.2 Å². The van der Waals surface area contributed by atoms with Crippen molar-refractivity contribution in [1.29, 1.82) is 0 Å². The summed E-state index contributed by atoms with van der Waals surface area (Å²) in [5.74, 6) is 1.46. The van der Waals surface area contributed by atoms with Gasteiger partial charge < -0.3 is 15.8 Å². The normalized spacial score (nSPS) is 19.6. The Labute approximate surface area is 103 Å². The second kappa shape index (κ2) is 4.57. The van der Waals surface area contributed by atoms with E-state index in [1.165, 1.54) is 5.56 Å². The van der Waals surface area contributed by atoms with Gasteiger partial charge in [-0.15, -0.1) is 0 Å². The van der Waals surface area contributed by atoms with E-state index in [0.717, 1.165) is 31.0 Å². The zero-order valence-electron chi connectivity index (χ0n) is 10.9. The van der Waals surface area contributed by atoms with Crippen LogP contribution in [0.5, 0.6) is 5.75 Å². The molecule has 1 aliphatic heterocycles. The Morgan fingerprint density at radius 3 is 2.88 bits per heavy atom. The Balaban J connectivity index is 2.01. The van der Waals surface area contributed by atoms with E-state index in [-0.39, 0.29) is 5.54 Å². The molecule has 2 rings (SSSR count). The molecule has 0 bridgehead atoms. The van der Waals surface area contributed by atoms with E-state index >= 15 is 0 Å². The monoisotopic (exact) mass is 234 g/mol. The lowest BCUT2D eigenvalue weighted by atomic mass is 9.94. The summed E-state index contributed by atoms with van der Waals surface area (Å²) in [5.41, 5.74) is 8.16. The number of hydrogen-bond acceptors (Lipinski definition) is 3. The van der Waals surface area contributed by atoms with Crippen LogP contribution in [0.4, 0.5) is 5.69 Å². The Morgan fingerprint density at radius 2 is 2.18 bits per heavy atom. The molecule has 1 heterocycles. The van der Waals surface area contributed by atoms with Crippen molar-refractivity contribution in [2.75, 3.05) is 18.9 Å². The summed E-state index contributed by atoms with van der Waals surface area (Å²) >= 11 is 0. The van der Waals surface area contributed by atoms with E-state index < -0.39 is 0 Å². The molecule has 0 radical (unpaired) electrons. The molecule has 1 atom stereocenters. The number of ether oxygens (including phenoxy) is 1. The molecule has 94 valence electrons. The van der Waals surface area contributed by atoms with Gasteiger partial charge in [0, 0.05) is 29.3 Å². The molecular weight excluding hydrogens is 212 g/mol. The van der Waals surface area contributed by atoms with Gasteiger partial charge in [-0.05, 0) is 39.3 Å². The molecule has 0 aliphatic carbocycles. The maximum atomic E-state index is 5.99. The minimum absolute atomic E-state index is 0.155. The topological polar surface area (TPSA) is 47.3 Å². The van der Waals surface area contributed by atoms with Crippen molar-refractivity contribution in [3.63, 3.8) is 0 Å². The van der Waals surface area contributed by atoms with Gasteiger partial charge in [0.05, 0.1) is 6.61 Å². The summed E-state index contributed by atoms with van der Waals surface area (Å²) in [6.07, 6.45) is 1.01. The molecule has 0 saturated heterocycles. The Hall–Kier alpha value is -1.22. The van der Waals surface area contributed by atoms with Crippen molar-refractivity contribution in [2.45, 2.75) is 32.7 Å². The fourth-order valence-electron chi connectivity index (χ4n) is 2.07. The lowest BCUT2D eigenvalue weighted by Crippen LogP contribution is -2.41. The molecule has 3 nitrogen and oxygen atoms in total.